The predicted molar refractivity (Wildman–Crippen MR) is 121 cm³/mol. The third-order valence-corrected chi connectivity index (χ3v) is 4.95. The number of rotatable bonds is 7. The molecule has 4 rings (SSSR count). The van der Waals surface area contributed by atoms with Gasteiger partial charge in [-0.3, -0.25) is 9.59 Å². The molecule has 0 aliphatic rings. The fourth-order valence-corrected chi connectivity index (χ4v) is 3.27. The lowest BCUT2D eigenvalue weighted by Crippen LogP contribution is -2.23. The van der Waals surface area contributed by atoms with Crippen molar-refractivity contribution in [2.75, 3.05) is 11.9 Å². The Morgan fingerprint density at radius 2 is 1.71 bits per heavy atom. The van der Waals surface area contributed by atoms with E-state index in [0.29, 0.717) is 23.5 Å². The second kappa shape index (κ2) is 9.17. The zero-order valence-corrected chi connectivity index (χ0v) is 17.1. The molecular formula is C25H23N3O3. The molecule has 0 atom stereocenters. The van der Waals surface area contributed by atoms with Crippen LogP contribution in [-0.2, 0) is 11.3 Å². The van der Waals surface area contributed by atoms with Gasteiger partial charge < -0.3 is 20.4 Å². The molecule has 1 heterocycles. The van der Waals surface area contributed by atoms with Crippen LogP contribution < -0.4 is 15.4 Å². The lowest BCUT2D eigenvalue weighted by molar-refractivity contribution is -0.118. The molecule has 0 radical (unpaired) electrons. The number of hydrogen-bond acceptors (Lipinski definition) is 3. The van der Waals surface area contributed by atoms with E-state index in [1.807, 2.05) is 61.7 Å². The zero-order valence-electron chi connectivity index (χ0n) is 17.1. The van der Waals surface area contributed by atoms with Crippen LogP contribution in [0.2, 0.25) is 0 Å². The molecule has 0 spiro atoms. The first-order valence-corrected chi connectivity index (χ1v) is 10.0. The average molecular weight is 413 g/mol. The number of benzene rings is 3. The molecule has 6 heteroatoms. The summed E-state index contributed by atoms with van der Waals surface area (Å²) in [5, 5.41) is 6.80. The van der Waals surface area contributed by atoms with Gasteiger partial charge in [0.2, 0.25) is 0 Å². The molecule has 0 aliphatic carbocycles. The van der Waals surface area contributed by atoms with Gasteiger partial charge in [-0.15, -0.1) is 0 Å². The van der Waals surface area contributed by atoms with E-state index in [1.54, 1.807) is 24.3 Å². The zero-order chi connectivity index (χ0) is 21.6. The summed E-state index contributed by atoms with van der Waals surface area (Å²) in [6.07, 6.45) is 1.88. The maximum absolute atomic E-state index is 12.5. The molecule has 0 bridgehead atoms. The number of hydrogen-bond donors (Lipinski definition) is 3. The van der Waals surface area contributed by atoms with Crippen LogP contribution in [0.15, 0.2) is 79.0 Å². The minimum Gasteiger partial charge on any atom is -0.484 e. The molecule has 4 aromatic rings. The van der Waals surface area contributed by atoms with Gasteiger partial charge in [0.15, 0.2) is 6.61 Å². The number of carbonyl (C=O) groups excluding carboxylic acids is 2. The second-order valence-corrected chi connectivity index (χ2v) is 7.27. The van der Waals surface area contributed by atoms with Gasteiger partial charge in [-0.1, -0.05) is 29.8 Å². The molecule has 31 heavy (non-hydrogen) atoms. The lowest BCUT2D eigenvalue weighted by atomic mass is 10.1. The Morgan fingerprint density at radius 1 is 0.935 bits per heavy atom. The summed E-state index contributed by atoms with van der Waals surface area (Å²) in [5.74, 6) is 0.202. The highest BCUT2D eigenvalue weighted by molar-refractivity contribution is 5.96. The van der Waals surface area contributed by atoms with Crippen LogP contribution in [0.25, 0.3) is 10.9 Å². The molecule has 0 aliphatic heterocycles. The van der Waals surface area contributed by atoms with Gasteiger partial charge in [0.1, 0.15) is 5.75 Å². The van der Waals surface area contributed by atoms with Crippen molar-refractivity contribution in [1.82, 2.24) is 10.3 Å². The highest BCUT2D eigenvalue weighted by atomic mass is 16.5. The number of H-pyrrole nitrogens is 1. The highest BCUT2D eigenvalue weighted by Crippen LogP contribution is 2.17. The van der Waals surface area contributed by atoms with E-state index in [1.165, 1.54) is 0 Å². The van der Waals surface area contributed by atoms with Crippen molar-refractivity contribution in [2.24, 2.45) is 0 Å². The Hall–Kier alpha value is -4.06. The molecule has 0 saturated heterocycles. The second-order valence-electron chi connectivity index (χ2n) is 7.27. The summed E-state index contributed by atoms with van der Waals surface area (Å²) in [6, 6.07) is 22.2. The summed E-state index contributed by atoms with van der Waals surface area (Å²) in [7, 11) is 0. The first-order valence-electron chi connectivity index (χ1n) is 10.0. The van der Waals surface area contributed by atoms with Gasteiger partial charge in [-0.2, -0.15) is 0 Å². The monoisotopic (exact) mass is 413 g/mol. The molecule has 0 saturated carbocycles. The molecule has 1 aromatic heterocycles. The number of ether oxygens (including phenoxy) is 1. The molecule has 0 fully saturated rings. The number of aryl methyl sites for hydroxylation is 1. The van der Waals surface area contributed by atoms with Crippen LogP contribution in [-0.4, -0.2) is 23.4 Å². The average Bonchev–Trinajstić information content (AvgIpc) is 3.27. The van der Waals surface area contributed by atoms with Crippen LogP contribution in [0.5, 0.6) is 5.75 Å². The summed E-state index contributed by atoms with van der Waals surface area (Å²) in [4.78, 5) is 27.7. The highest BCUT2D eigenvalue weighted by Gasteiger charge is 2.09. The number of fused-ring (bicyclic) bond motifs is 1. The minimum atomic E-state index is -0.266. The van der Waals surface area contributed by atoms with Crippen LogP contribution >= 0.6 is 0 Å². The van der Waals surface area contributed by atoms with Gasteiger partial charge in [-0.25, -0.2) is 0 Å². The topological polar surface area (TPSA) is 83.2 Å². The summed E-state index contributed by atoms with van der Waals surface area (Å²) < 4.78 is 5.48. The predicted octanol–water partition coefficient (Wildman–Crippen LogP) is 4.42. The quantitative estimate of drug-likeness (QED) is 0.419. The molecule has 6 nitrogen and oxygen atoms in total. The van der Waals surface area contributed by atoms with Crippen molar-refractivity contribution in [3.05, 3.63) is 95.7 Å². The van der Waals surface area contributed by atoms with E-state index in [9.17, 15) is 9.59 Å². The molecule has 156 valence electrons. The maximum Gasteiger partial charge on any atom is 0.262 e. The fraction of sp³-hybridized carbons (Fsp3) is 0.120. The van der Waals surface area contributed by atoms with Crippen molar-refractivity contribution >= 4 is 28.4 Å². The number of amides is 2. The number of carbonyl (C=O) groups is 2. The van der Waals surface area contributed by atoms with E-state index in [2.05, 4.69) is 15.6 Å². The molecule has 3 aromatic carbocycles. The number of aromatic nitrogens is 1. The SMILES string of the molecule is Cc1ccc(OCC(=O)Nc2ccc(C(=O)NCc3cccc4[nH]ccc34)cc2)cc1. The third-order valence-electron chi connectivity index (χ3n) is 4.95. The van der Waals surface area contributed by atoms with Crippen molar-refractivity contribution in [1.29, 1.82) is 0 Å². The van der Waals surface area contributed by atoms with Crippen LogP contribution in [0.1, 0.15) is 21.5 Å². The van der Waals surface area contributed by atoms with E-state index in [4.69, 9.17) is 4.74 Å². The Morgan fingerprint density at radius 3 is 2.48 bits per heavy atom. The molecule has 0 unspecified atom stereocenters. The first-order chi connectivity index (χ1) is 15.1. The molecular weight excluding hydrogens is 390 g/mol. The van der Waals surface area contributed by atoms with E-state index in [-0.39, 0.29) is 18.4 Å². The van der Waals surface area contributed by atoms with Gasteiger partial charge in [0.25, 0.3) is 11.8 Å². The summed E-state index contributed by atoms with van der Waals surface area (Å²) >= 11 is 0. The normalized spacial score (nSPS) is 10.6. The van der Waals surface area contributed by atoms with Gasteiger partial charge in [0, 0.05) is 34.9 Å². The van der Waals surface area contributed by atoms with Crippen molar-refractivity contribution in [3.63, 3.8) is 0 Å². The number of nitrogens with one attached hydrogen (secondary N) is 3. The largest absolute Gasteiger partial charge is 0.484 e. The molecule has 3 N–H and O–H groups in total. The Kier molecular flexibility index (Phi) is 5.98. The number of anilines is 1. The Balaban J connectivity index is 1.29. The number of aromatic amines is 1. The van der Waals surface area contributed by atoms with Crippen LogP contribution in [0.3, 0.4) is 0 Å². The summed E-state index contributed by atoms with van der Waals surface area (Å²) in [5.41, 5.74) is 4.34. The van der Waals surface area contributed by atoms with Crippen molar-refractivity contribution < 1.29 is 14.3 Å². The first kappa shape index (κ1) is 20.2. The smallest absolute Gasteiger partial charge is 0.262 e. The summed E-state index contributed by atoms with van der Waals surface area (Å²) in [6.45, 7) is 2.33. The van der Waals surface area contributed by atoms with Crippen molar-refractivity contribution in [2.45, 2.75) is 13.5 Å². The van der Waals surface area contributed by atoms with Gasteiger partial charge >= 0.3 is 0 Å². The van der Waals surface area contributed by atoms with Gasteiger partial charge in [0.05, 0.1) is 0 Å². The Bertz CT molecular complexity index is 1190. The third kappa shape index (κ3) is 5.11. The van der Waals surface area contributed by atoms with E-state index < -0.39 is 0 Å². The lowest BCUT2D eigenvalue weighted by Gasteiger charge is -2.09. The molecule has 2 amide bonds. The van der Waals surface area contributed by atoms with Gasteiger partial charge in [-0.05, 0) is 61.0 Å². The minimum absolute atomic E-state index is 0.0873. The maximum atomic E-state index is 12.5. The van der Waals surface area contributed by atoms with E-state index >= 15 is 0 Å². The van der Waals surface area contributed by atoms with Crippen LogP contribution in [0.4, 0.5) is 5.69 Å². The van der Waals surface area contributed by atoms with Crippen molar-refractivity contribution in [3.8, 4) is 5.75 Å². The Labute approximate surface area is 180 Å². The fourth-order valence-electron chi connectivity index (χ4n) is 3.27. The van der Waals surface area contributed by atoms with E-state index in [0.717, 1.165) is 22.0 Å². The van der Waals surface area contributed by atoms with Crippen LogP contribution in [0, 0.1) is 6.92 Å². The standard InChI is InChI=1S/C25H23N3O3/c1-17-5-11-21(12-6-17)31-16-24(29)28-20-9-7-18(8-10-20)25(30)27-15-19-3-2-4-23-22(19)13-14-26-23/h2-14,26H,15-16H2,1H3,(H,27,30)(H,28,29).